The molecule has 2 N–H and O–H groups in total. The van der Waals surface area contributed by atoms with Crippen LogP contribution in [0.3, 0.4) is 0 Å². The maximum absolute atomic E-state index is 13.8. The third-order valence-corrected chi connectivity index (χ3v) is 4.18. The van der Waals surface area contributed by atoms with Gasteiger partial charge < -0.3 is 20.3 Å². The van der Waals surface area contributed by atoms with Crippen molar-refractivity contribution in [2.24, 2.45) is 0 Å². The van der Waals surface area contributed by atoms with E-state index in [4.69, 9.17) is 4.74 Å². The van der Waals surface area contributed by atoms with Crippen LogP contribution in [0.2, 0.25) is 0 Å². The lowest BCUT2D eigenvalue weighted by Crippen LogP contribution is -2.47. The summed E-state index contributed by atoms with van der Waals surface area (Å²) in [6.45, 7) is 1.90. The molecule has 1 aromatic carbocycles. The average molecular weight is 339 g/mol. The number of carbonyl (C=O) groups is 2. The van der Waals surface area contributed by atoms with Gasteiger partial charge in [-0.1, -0.05) is 6.07 Å². The molecule has 0 spiro atoms. The summed E-state index contributed by atoms with van der Waals surface area (Å²) in [5.74, 6) is -2.37. The van der Waals surface area contributed by atoms with Crippen LogP contribution in [0.1, 0.15) is 12.8 Å². The lowest BCUT2D eigenvalue weighted by atomic mass is 10.1. The van der Waals surface area contributed by atoms with E-state index >= 15 is 0 Å². The van der Waals surface area contributed by atoms with Crippen molar-refractivity contribution in [3.05, 3.63) is 29.8 Å². The van der Waals surface area contributed by atoms with Crippen LogP contribution in [0.5, 0.6) is 0 Å². The zero-order chi connectivity index (χ0) is 17.1. The van der Waals surface area contributed by atoms with E-state index in [1.165, 1.54) is 6.07 Å². The highest BCUT2D eigenvalue weighted by Crippen LogP contribution is 2.27. The standard InChI is InChI=1S/C16H19F2N3O3/c17-11-2-1-3-12(18)15(11)21-6-4-13(16(21)23)20-14(22)8-10-9-24-7-5-19-10/h1-3,10,13,19H,4-9H2,(H,20,22). The van der Waals surface area contributed by atoms with Crippen molar-refractivity contribution in [1.82, 2.24) is 10.6 Å². The van der Waals surface area contributed by atoms with Crippen molar-refractivity contribution in [2.45, 2.75) is 24.9 Å². The fourth-order valence-corrected chi connectivity index (χ4v) is 3.01. The molecule has 2 fully saturated rings. The highest BCUT2D eigenvalue weighted by Gasteiger charge is 2.36. The number of rotatable bonds is 4. The Bertz CT molecular complexity index is 615. The summed E-state index contributed by atoms with van der Waals surface area (Å²) in [5.41, 5.74) is -0.360. The van der Waals surface area contributed by atoms with Crippen LogP contribution in [0.15, 0.2) is 18.2 Å². The van der Waals surface area contributed by atoms with Crippen LogP contribution in [-0.2, 0) is 14.3 Å². The minimum absolute atomic E-state index is 0.0876. The molecule has 24 heavy (non-hydrogen) atoms. The van der Waals surface area contributed by atoms with Crippen molar-refractivity contribution >= 4 is 17.5 Å². The summed E-state index contributed by atoms with van der Waals surface area (Å²) in [5, 5.41) is 5.80. The molecule has 2 unspecified atom stereocenters. The number of para-hydroxylation sites is 1. The number of hydrogen-bond acceptors (Lipinski definition) is 4. The topological polar surface area (TPSA) is 70.7 Å². The van der Waals surface area contributed by atoms with E-state index in [2.05, 4.69) is 10.6 Å². The first kappa shape index (κ1) is 16.8. The molecule has 6 nitrogen and oxygen atoms in total. The Kier molecular flexibility index (Phi) is 5.06. The number of nitrogens with zero attached hydrogens (tertiary/aromatic N) is 1. The number of nitrogens with one attached hydrogen (secondary N) is 2. The Morgan fingerprint density at radius 1 is 1.38 bits per heavy atom. The first-order valence-electron chi connectivity index (χ1n) is 7.92. The number of morpholine rings is 1. The van der Waals surface area contributed by atoms with E-state index in [-0.39, 0.29) is 30.6 Å². The fraction of sp³-hybridized carbons (Fsp3) is 0.500. The summed E-state index contributed by atoms with van der Waals surface area (Å²) in [7, 11) is 0. The Morgan fingerprint density at radius 2 is 2.12 bits per heavy atom. The quantitative estimate of drug-likeness (QED) is 0.841. The van der Waals surface area contributed by atoms with E-state index < -0.39 is 23.6 Å². The summed E-state index contributed by atoms with van der Waals surface area (Å²) < 4.78 is 32.9. The molecule has 0 aliphatic carbocycles. The second kappa shape index (κ2) is 7.23. The summed E-state index contributed by atoms with van der Waals surface area (Å²) >= 11 is 0. The number of anilines is 1. The van der Waals surface area contributed by atoms with Crippen molar-refractivity contribution in [2.75, 3.05) is 31.2 Å². The Morgan fingerprint density at radius 3 is 2.79 bits per heavy atom. The maximum atomic E-state index is 13.8. The Labute approximate surface area is 138 Å². The molecular weight excluding hydrogens is 320 g/mol. The van der Waals surface area contributed by atoms with Crippen molar-refractivity contribution in [3.8, 4) is 0 Å². The lowest BCUT2D eigenvalue weighted by molar-refractivity contribution is -0.127. The molecule has 0 radical (unpaired) electrons. The molecule has 2 aliphatic heterocycles. The number of amides is 2. The normalized spacial score (nSPS) is 24.2. The van der Waals surface area contributed by atoms with Crippen molar-refractivity contribution in [1.29, 1.82) is 0 Å². The van der Waals surface area contributed by atoms with Gasteiger partial charge in [0.15, 0.2) is 0 Å². The summed E-state index contributed by atoms with van der Waals surface area (Å²) in [6.07, 6.45) is 0.505. The molecule has 2 saturated heterocycles. The summed E-state index contributed by atoms with van der Waals surface area (Å²) in [6, 6.07) is 2.60. The molecular formula is C16H19F2N3O3. The number of halogens is 2. The molecule has 2 aliphatic rings. The first-order chi connectivity index (χ1) is 11.6. The number of ether oxygens (including phenoxy) is 1. The fourth-order valence-electron chi connectivity index (χ4n) is 3.01. The van der Waals surface area contributed by atoms with Crippen LogP contribution in [0.25, 0.3) is 0 Å². The third-order valence-electron chi connectivity index (χ3n) is 4.18. The molecule has 0 saturated carbocycles. The number of carbonyl (C=O) groups excluding carboxylic acids is 2. The van der Waals surface area contributed by atoms with Crippen LogP contribution < -0.4 is 15.5 Å². The van der Waals surface area contributed by atoms with Gasteiger partial charge in [-0.2, -0.15) is 0 Å². The van der Waals surface area contributed by atoms with Gasteiger partial charge in [-0.05, 0) is 18.6 Å². The van der Waals surface area contributed by atoms with Gasteiger partial charge in [-0.3, -0.25) is 9.59 Å². The molecule has 0 bridgehead atoms. The highest BCUT2D eigenvalue weighted by atomic mass is 19.1. The predicted octanol–water partition coefficient (Wildman–Crippen LogP) is 0.565. The predicted molar refractivity (Wildman–Crippen MR) is 82.5 cm³/mol. The Hall–Kier alpha value is -2.06. The number of hydrogen-bond donors (Lipinski definition) is 2. The number of benzene rings is 1. The first-order valence-corrected chi connectivity index (χ1v) is 7.92. The smallest absolute Gasteiger partial charge is 0.249 e. The maximum Gasteiger partial charge on any atom is 0.249 e. The molecule has 1 aromatic rings. The monoisotopic (exact) mass is 339 g/mol. The van der Waals surface area contributed by atoms with Gasteiger partial charge in [0.05, 0.1) is 13.2 Å². The summed E-state index contributed by atoms with van der Waals surface area (Å²) in [4.78, 5) is 25.5. The molecule has 8 heteroatoms. The van der Waals surface area contributed by atoms with E-state index in [9.17, 15) is 18.4 Å². The second-order valence-corrected chi connectivity index (χ2v) is 5.90. The van der Waals surface area contributed by atoms with Gasteiger partial charge in [0, 0.05) is 25.6 Å². The molecule has 0 aromatic heterocycles. The van der Waals surface area contributed by atoms with Crippen LogP contribution in [0, 0.1) is 11.6 Å². The van der Waals surface area contributed by atoms with Gasteiger partial charge in [0.25, 0.3) is 0 Å². The minimum Gasteiger partial charge on any atom is -0.378 e. The molecule has 2 amide bonds. The van der Waals surface area contributed by atoms with E-state index in [1.807, 2.05) is 0 Å². The van der Waals surface area contributed by atoms with E-state index in [0.717, 1.165) is 17.0 Å². The third kappa shape index (κ3) is 3.54. The molecule has 2 heterocycles. The van der Waals surface area contributed by atoms with Gasteiger partial charge in [0.1, 0.15) is 23.4 Å². The van der Waals surface area contributed by atoms with Crippen molar-refractivity contribution in [3.63, 3.8) is 0 Å². The average Bonchev–Trinajstić information content (AvgIpc) is 2.89. The van der Waals surface area contributed by atoms with E-state index in [0.29, 0.717) is 26.2 Å². The molecule has 3 rings (SSSR count). The van der Waals surface area contributed by atoms with E-state index in [1.54, 1.807) is 0 Å². The van der Waals surface area contributed by atoms with Crippen LogP contribution in [-0.4, -0.2) is 50.2 Å². The van der Waals surface area contributed by atoms with Crippen LogP contribution >= 0.6 is 0 Å². The van der Waals surface area contributed by atoms with Gasteiger partial charge in [0.2, 0.25) is 11.8 Å². The SMILES string of the molecule is O=C(CC1COCCN1)NC1CCN(c2c(F)cccc2F)C1=O. The largest absolute Gasteiger partial charge is 0.378 e. The second-order valence-electron chi connectivity index (χ2n) is 5.90. The van der Waals surface area contributed by atoms with Crippen LogP contribution in [0.4, 0.5) is 14.5 Å². The van der Waals surface area contributed by atoms with Gasteiger partial charge >= 0.3 is 0 Å². The minimum atomic E-state index is -0.793. The Balaban J connectivity index is 1.60. The molecule has 130 valence electrons. The zero-order valence-corrected chi connectivity index (χ0v) is 13.1. The lowest BCUT2D eigenvalue weighted by Gasteiger charge is -2.24. The highest BCUT2D eigenvalue weighted by molar-refractivity contribution is 6.01. The van der Waals surface area contributed by atoms with Gasteiger partial charge in [-0.15, -0.1) is 0 Å². The zero-order valence-electron chi connectivity index (χ0n) is 13.1. The van der Waals surface area contributed by atoms with Crippen molar-refractivity contribution < 1.29 is 23.1 Å². The van der Waals surface area contributed by atoms with Gasteiger partial charge in [-0.25, -0.2) is 8.78 Å². The molecule has 2 atom stereocenters.